The minimum absolute atomic E-state index is 0.0877. The Bertz CT molecular complexity index is 746. The number of carbonyl (C=O) groups excluding carboxylic acids is 1. The molecule has 3 rings (SSSR count). The number of amides is 1. The molecule has 6 heteroatoms. The van der Waals surface area contributed by atoms with Crippen LogP contribution in [0.1, 0.15) is 30.8 Å². The van der Waals surface area contributed by atoms with Gasteiger partial charge in [0.1, 0.15) is 11.5 Å². The number of ether oxygens (including phenoxy) is 2. The third kappa shape index (κ3) is 3.62. The minimum Gasteiger partial charge on any atom is -0.497 e. The van der Waals surface area contributed by atoms with Crippen LogP contribution in [0.4, 0.5) is 0 Å². The molecule has 1 aliphatic rings. The summed E-state index contributed by atoms with van der Waals surface area (Å²) in [5.74, 6) is 2.71. The van der Waals surface area contributed by atoms with Gasteiger partial charge in [0.25, 0.3) is 5.91 Å². The second kappa shape index (κ2) is 7.17. The molecule has 1 fully saturated rings. The van der Waals surface area contributed by atoms with E-state index in [1.54, 1.807) is 38.5 Å². The summed E-state index contributed by atoms with van der Waals surface area (Å²) in [5.41, 5.74) is 1.02. The molecule has 1 aromatic heterocycles. The lowest BCUT2D eigenvalue weighted by Crippen LogP contribution is -2.42. The summed E-state index contributed by atoms with van der Waals surface area (Å²) in [6.45, 7) is 5.86. The Morgan fingerprint density at radius 3 is 2.52 bits per heavy atom. The van der Waals surface area contributed by atoms with E-state index in [0.717, 1.165) is 19.5 Å². The van der Waals surface area contributed by atoms with Crippen LogP contribution in [-0.4, -0.2) is 43.3 Å². The number of nitrogens with zero attached hydrogens (tertiary/aromatic N) is 2. The molecule has 134 valence electrons. The molecular weight excluding hydrogens is 320 g/mol. The fourth-order valence-electron chi connectivity index (χ4n) is 3.50. The average Bonchev–Trinajstić information content (AvgIpc) is 3.09. The number of hydrogen-bond donors (Lipinski definition) is 0. The Morgan fingerprint density at radius 1 is 1.16 bits per heavy atom. The minimum atomic E-state index is -0.0877. The monoisotopic (exact) mass is 344 g/mol. The van der Waals surface area contributed by atoms with Gasteiger partial charge < -0.3 is 18.9 Å². The number of likely N-dealkylation sites (tertiary alicyclic amines) is 1. The number of aromatic nitrogens is 1. The molecule has 0 unspecified atom stereocenters. The smallest absolute Gasteiger partial charge is 0.276 e. The number of benzene rings is 1. The van der Waals surface area contributed by atoms with Crippen molar-refractivity contribution in [2.24, 2.45) is 11.8 Å². The lowest BCUT2D eigenvalue weighted by atomic mass is 9.92. The lowest BCUT2D eigenvalue weighted by Gasteiger charge is -2.34. The van der Waals surface area contributed by atoms with E-state index in [0.29, 0.717) is 40.4 Å². The number of rotatable bonds is 4. The average molecular weight is 344 g/mol. The van der Waals surface area contributed by atoms with Gasteiger partial charge in [0.05, 0.1) is 19.8 Å². The highest BCUT2D eigenvalue weighted by atomic mass is 16.5. The Morgan fingerprint density at radius 2 is 1.88 bits per heavy atom. The molecule has 1 aliphatic heterocycles. The van der Waals surface area contributed by atoms with Crippen molar-refractivity contribution in [1.29, 1.82) is 0 Å². The number of carbonyl (C=O) groups is 1. The van der Waals surface area contributed by atoms with Gasteiger partial charge in [-0.1, -0.05) is 19.0 Å². The molecule has 1 amide bonds. The van der Waals surface area contributed by atoms with Crippen LogP contribution in [0.5, 0.6) is 11.5 Å². The van der Waals surface area contributed by atoms with Crippen LogP contribution in [0.15, 0.2) is 28.8 Å². The van der Waals surface area contributed by atoms with Gasteiger partial charge in [0, 0.05) is 19.2 Å². The maximum atomic E-state index is 12.8. The summed E-state index contributed by atoms with van der Waals surface area (Å²) in [7, 11) is 3.18. The fourth-order valence-corrected chi connectivity index (χ4v) is 3.50. The van der Waals surface area contributed by atoms with Gasteiger partial charge in [-0.3, -0.25) is 4.79 Å². The van der Waals surface area contributed by atoms with Crippen LogP contribution >= 0.6 is 0 Å². The number of piperidine rings is 1. The third-order valence-corrected chi connectivity index (χ3v) is 4.56. The Labute approximate surface area is 147 Å². The standard InChI is InChI=1S/C19H24N2O4/c1-12-7-13(2)11-21(10-12)19(22)16-9-18(25-20-16)15-8-14(23-3)5-6-17(15)24-4/h5-6,8-9,12-13H,7,10-11H2,1-4H3/t12-,13-/m1/s1. The third-order valence-electron chi connectivity index (χ3n) is 4.56. The Kier molecular flexibility index (Phi) is 4.97. The van der Waals surface area contributed by atoms with E-state index in [4.69, 9.17) is 14.0 Å². The number of hydrogen-bond acceptors (Lipinski definition) is 5. The first kappa shape index (κ1) is 17.3. The Hall–Kier alpha value is -2.50. The summed E-state index contributed by atoms with van der Waals surface area (Å²) in [6, 6.07) is 7.08. The largest absolute Gasteiger partial charge is 0.497 e. The molecule has 2 aromatic rings. The zero-order valence-corrected chi connectivity index (χ0v) is 15.1. The molecule has 0 saturated carbocycles. The van der Waals surface area contributed by atoms with Crippen molar-refractivity contribution in [3.8, 4) is 22.8 Å². The molecule has 25 heavy (non-hydrogen) atoms. The normalized spacial score (nSPS) is 20.4. The summed E-state index contributed by atoms with van der Waals surface area (Å²) in [6.07, 6.45) is 1.15. The molecule has 0 aliphatic carbocycles. The van der Waals surface area contributed by atoms with E-state index in [1.807, 2.05) is 4.90 Å². The van der Waals surface area contributed by atoms with Crippen LogP contribution < -0.4 is 9.47 Å². The topological polar surface area (TPSA) is 64.8 Å². The van der Waals surface area contributed by atoms with Gasteiger partial charge in [-0.15, -0.1) is 0 Å². The zero-order valence-electron chi connectivity index (χ0n) is 15.1. The van der Waals surface area contributed by atoms with Gasteiger partial charge in [-0.2, -0.15) is 0 Å². The molecule has 1 saturated heterocycles. The van der Waals surface area contributed by atoms with Crippen LogP contribution in [0.2, 0.25) is 0 Å². The molecular formula is C19H24N2O4. The van der Waals surface area contributed by atoms with Gasteiger partial charge in [0.15, 0.2) is 11.5 Å². The van der Waals surface area contributed by atoms with Gasteiger partial charge in [0.2, 0.25) is 0 Å². The van der Waals surface area contributed by atoms with Crippen LogP contribution in [0.3, 0.4) is 0 Å². The summed E-state index contributed by atoms with van der Waals surface area (Å²) in [5, 5.41) is 3.99. The lowest BCUT2D eigenvalue weighted by molar-refractivity contribution is 0.0613. The van der Waals surface area contributed by atoms with Gasteiger partial charge in [-0.25, -0.2) is 0 Å². The maximum Gasteiger partial charge on any atom is 0.276 e. The SMILES string of the molecule is COc1ccc(OC)c(-c2cc(C(=O)N3C[C@H](C)C[C@@H](C)C3)no2)c1. The fraction of sp³-hybridized carbons (Fsp3) is 0.474. The molecule has 0 N–H and O–H groups in total. The quantitative estimate of drug-likeness (QED) is 0.850. The molecule has 6 nitrogen and oxygen atoms in total. The first-order chi connectivity index (χ1) is 12.0. The van der Waals surface area contributed by atoms with Crippen molar-refractivity contribution >= 4 is 5.91 Å². The first-order valence-corrected chi connectivity index (χ1v) is 8.50. The van der Waals surface area contributed by atoms with Gasteiger partial charge >= 0.3 is 0 Å². The van der Waals surface area contributed by atoms with Crippen molar-refractivity contribution in [1.82, 2.24) is 10.1 Å². The molecule has 0 bridgehead atoms. The van der Waals surface area contributed by atoms with Gasteiger partial charge in [-0.05, 0) is 36.5 Å². The first-order valence-electron chi connectivity index (χ1n) is 8.50. The van der Waals surface area contributed by atoms with Crippen molar-refractivity contribution in [2.75, 3.05) is 27.3 Å². The Balaban J connectivity index is 1.86. The molecule has 2 heterocycles. The predicted molar refractivity (Wildman–Crippen MR) is 93.9 cm³/mol. The molecule has 2 atom stereocenters. The highest BCUT2D eigenvalue weighted by Gasteiger charge is 2.28. The van der Waals surface area contributed by atoms with E-state index in [-0.39, 0.29) is 5.91 Å². The van der Waals surface area contributed by atoms with Crippen molar-refractivity contribution in [3.05, 3.63) is 30.0 Å². The van der Waals surface area contributed by atoms with E-state index < -0.39 is 0 Å². The summed E-state index contributed by atoms with van der Waals surface area (Å²) >= 11 is 0. The second-order valence-corrected chi connectivity index (χ2v) is 6.80. The van der Waals surface area contributed by atoms with Crippen molar-refractivity contribution in [3.63, 3.8) is 0 Å². The predicted octanol–water partition coefficient (Wildman–Crippen LogP) is 3.48. The van der Waals surface area contributed by atoms with Crippen molar-refractivity contribution in [2.45, 2.75) is 20.3 Å². The van der Waals surface area contributed by atoms with E-state index >= 15 is 0 Å². The second-order valence-electron chi connectivity index (χ2n) is 6.80. The maximum absolute atomic E-state index is 12.8. The van der Waals surface area contributed by atoms with Crippen molar-refractivity contribution < 1.29 is 18.8 Å². The summed E-state index contributed by atoms with van der Waals surface area (Å²) in [4.78, 5) is 14.6. The van der Waals surface area contributed by atoms with E-state index in [1.165, 1.54) is 0 Å². The number of methoxy groups -OCH3 is 2. The van der Waals surface area contributed by atoms with E-state index in [9.17, 15) is 4.79 Å². The van der Waals surface area contributed by atoms with Crippen LogP contribution in [0, 0.1) is 11.8 Å². The highest BCUT2D eigenvalue weighted by molar-refractivity contribution is 5.93. The van der Waals surface area contributed by atoms with E-state index in [2.05, 4.69) is 19.0 Å². The molecule has 0 radical (unpaired) electrons. The summed E-state index contributed by atoms with van der Waals surface area (Å²) < 4.78 is 16.1. The van der Waals surface area contributed by atoms with Crippen LogP contribution in [0.25, 0.3) is 11.3 Å². The highest BCUT2D eigenvalue weighted by Crippen LogP contribution is 2.34. The molecule has 0 spiro atoms. The van der Waals surface area contributed by atoms with Crippen LogP contribution in [-0.2, 0) is 0 Å². The zero-order chi connectivity index (χ0) is 18.0. The molecule has 1 aromatic carbocycles.